The topological polar surface area (TPSA) is 114 Å². The van der Waals surface area contributed by atoms with Gasteiger partial charge in [0.05, 0.1) is 6.04 Å². The lowest BCUT2D eigenvalue weighted by atomic mass is 9.68. The third-order valence-electron chi connectivity index (χ3n) is 7.18. The summed E-state index contributed by atoms with van der Waals surface area (Å²) in [6.45, 7) is 5.06. The standard InChI is InChI=1S/C24H39N3O5/c1-15(2)8-21(23(30)27-20(14-28)12-19-6-7-25-22(19)29)32-24(31)26-13-18-10-16-4-3-5-17(9-16)11-18/h14-21H,3-13H2,1-2H3,(H,25,29)(H,26,31)(H,27,30)/t16?,17?,18?,19-,20-,21-/m0/s1. The molecule has 0 aromatic rings. The second kappa shape index (κ2) is 11.7. The number of alkyl carbamates (subject to hydrolysis) is 1. The lowest BCUT2D eigenvalue weighted by Crippen LogP contribution is -2.47. The second-order valence-corrected chi connectivity index (χ2v) is 10.4. The van der Waals surface area contributed by atoms with Gasteiger partial charge in [0, 0.05) is 19.0 Å². The fourth-order valence-corrected chi connectivity index (χ4v) is 5.67. The van der Waals surface area contributed by atoms with Gasteiger partial charge in [-0.05, 0) is 62.2 Å². The van der Waals surface area contributed by atoms with Gasteiger partial charge in [-0.3, -0.25) is 9.59 Å². The fraction of sp³-hybridized carbons (Fsp3) is 0.833. The minimum atomic E-state index is -0.972. The van der Waals surface area contributed by atoms with E-state index >= 15 is 0 Å². The average molecular weight is 450 g/mol. The number of hydrogen-bond donors (Lipinski definition) is 3. The van der Waals surface area contributed by atoms with Gasteiger partial charge in [0.1, 0.15) is 6.29 Å². The summed E-state index contributed by atoms with van der Waals surface area (Å²) in [5.74, 6) is 1.31. The van der Waals surface area contributed by atoms with Crippen LogP contribution in [0, 0.1) is 29.6 Å². The maximum atomic E-state index is 12.8. The summed E-state index contributed by atoms with van der Waals surface area (Å²) < 4.78 is 5.49. The van der Waals surface area contributed by atoms with E-state index < -0.39 is 24.1 Å². The number of ether oxygens (including phenoxy) is 1. The van der Waals surface area contributed by atoms with Crippen molar-refractivity contribution in [3.05, 3.63) is 0 Å². The molecular formula is C24H39N3O5. The molecule has 2 bridgehead atoms. The number of amides is 3. The predicted octanol–water partition coefficient (Wildman–Crippen LogP) is 2.55. The fourth-order valence-electron chi connectivity index (χ4n) is 5.67. The van der Waals surface area contributed by atoms with Crippen LogP contribution >= 0.6 is 0 Å². The molecule has 0 spiro atoms. The Kier molecular flexibility index (Phi) is 8.93. The van der Waals surface area contributed by atoms with Crippen LogP contribution < -0.4 is 16.0 Å². The minimum absolute atomic E-state index is 0.0905. The number of rotatable bonds is 10. The summed E-state index contributed by atoms with van der Waals surface area (Å²) >= 11 is 0. The molecule has 3 fully saturated rings. The molecule has 180 valence electrons. The van der Waals surface area contributed by atoms with Crippen molar-refractivity contribution in [1.82, 2.24) is 16.0 Å². The molecule has 2 unspecified atom stereocenters. The largest absolute Gasteiger partial charge is 0.436 e. The minimum Gasteiger partial charge on any atom is -0.436 e. The van der Waals surface area contributed by atoms with Crippen molar-refractivity contribution >= 4 is 24.2 Å². The van der Waals surface area contributed by atoms with Crippen LogP contribution in [-0.4, -0.2) is 49.4 Å². The van der Waals surface area contributed by atoms with Gasteiger partial charge in [-0.1, -0.05) is 33.1 Å². The second-order valence-electron chi connectivity index (χ2n) is 10.4. The molecule has 3 amide bonds. The molecule has 0 aromatic carbocycles. The quantitative estimate of drug-likeness (QED) is 0.444. The van der Waals surface area contributed by atoms with Gasteiger partial charge in [-0.25, -0.2) is 4.79 Å². The molecular weight excluding hydrogens is 410 g/mol. The number of fused-ring (bicyclic) bond motifs is 2. The number of carbonyl (C=O) groups excluding carboxylic acids is 4. The van der Waals surface area contributed by atoms with E-state index in [1.54, 1.807) is 0 Å². The van der Waals surface area contributed by atoms with Gasteiger partial charge in [0.15, 0.2) is 6.10 Å². The van der Waals surface area contributed by atoms with Crippen molar-refractivity contribution in [3.8, 4) is 0 Å². The van der Waals surface area contributed by atoms with Crippen LogP contribution in [0.15, 0.2) is 0 Å². The first kappa shape index (κ1) is 24.5. The predicted molar refractivity (Wildman–Crippen MR) is 120 cm³/mol. The molecule has 0 aromatic heterocycles. The van der Waals surface area contributed by atoms with E-state index in [-0.39, 0.29) is 24.2 Å². The van der Waals surface area contributed by atoms with E-state index in [1.807, 2.05) is 13.8 Å². The van der Waals surface area contributed by atoms with Crippen LogP contribution in [0.5, 0.6) is 0 Å². The van der Waals surface area contributed by atoms with Crippen LogP contribution in [0.3, 0.4) is 0 Å². The Bertz CT molecular complexity index is 671. The molecule has 0 radical (unpaired) electrons. The van der Waals surface area contributed by atoms with Gasteiger partial charge in [0.25, 0.3) is 5.91 Å². The highest BCUT2D eigenvalue weighted by molar-refractivity contribution is 5.86. The number of nitrogens with one attached hydrogen (secondary N) is 3. The molecule has 8 nitrogen and oxygen atoms in total. The lowest BCUT2D eigenvalue weighted by Gasteiger charge is -2.39. The van der Waals surface area contributed by atoms with Crippen LogP contribution in [0.2, 0.25) is 0 Å². The summed E-state index contributed by atoms with van der Waals surface area (Å²) in [5.41, 5.74) is 0. The Hall–Kier alpha value is -2.12. The Morgan fingerprint density at radius 3 is 2.47 bits per heavy atom. The van der Waals surface area contributed by atoms with Gasteiger partial charge < -0.3 is 25.5 Å². The molecule has 8 heteroatoms. The van der Waals surface area contributed by atoms with Crippen LogP contribution in [0.1, 0.15) is 71.6 Å². The maximum Gasteiger partial charge on any atom is 0.407 e. The number of aldehydes is 1. The third-order valence-corrected chi connectivity index (χ3v) is 7.18. The molecule has 3 aliphatic rings. The van der Waals surface area contributed by atoms with Gasteiger partial charge in [-0.2, -0.15) is 0 Å². The summed E-state index contributed by atoms with van der Waals surface area (Å²) in [6.07, 6.45) is 7.93. The molecule has 1 saturated heterocycles. The van der Waals surface area contributed by atoms with E-state index in [1.165, 1.54) is 25.7 Å². The highest BCUT2D eigenvalue weighted by Crippen LogP contribution is 2.42. The highest BCUT2D eigenvalue weighted by atomic mass is 16.6. The molecule has 2 aliphatic carbocycles. The van der Waals surface area contributed by atoms with Crippen molar-refractivity contribution in [2.75, 3.05) is 13.1 Å². The van der Waals surface area contributed by atoms with Crippen LogP contribution in [0.4, 0.5) is 4.79 Å². The molecule has 32 heavy (non-hydrogen) atoms. The summed E-state index contributed by atoms with van der Waals surface area (Å²) in [5, 5.41) is 8.27. The Morgan fingerprint density at radius 1 is 1.16 bits per heavy atom. The van der Waals surface area contributed by atoms with E-state index in [0.29, 0.717) is 38.1 Å². The van der Waals surface area contributed by atoms with Gasteiger partial charge in [-0.15, -0.1) is 0 Å². The summed E-state index contributed by atoms with van der Waals surface area (Å²) in [4.78, 5) is 48.6. The number of carbonyl (C=O) groups is 4. The van der Waals surface area contributed by atoms with E-state index in [0.717, 1.165) is 24.7 Å². The summed E-state index contributed by atoms with van der Waals surface area (Å²) in [6, 6.07) is -0.778. The van der Waals surface area contributed by atoms with E-state index in [2.05, 4.69) is 16.0 Å². The van der Waals surface area contributed by atoms with Gasteiger partial charge >= 0.3 is 6.09 Å². The van der Waals surface area contributed by atoms with Crippen molar-refractivity contribution in [3.63, 3.8) is 0 Å². The lowest BCUT2D eigenvalue weighted by molar-refractivity contribution is -0.133. The molecule has 5 atom stereocenters. The zero-order valence-corrected chi connectivity index (χ0v) is 19.4. The Balaban J connectivity index is 1.48. The summed E-state index contributed by atoms with van der Waals surface area (Å²) in [7, 11) is 0. The van der Waals surface area contributed by atoms with Crippen molar-refractivity contribution in [1.29, 1.82) is 0 Å². The highest BCUT2D eigenvalue weighted by Gasteiger charge is 2.33. The first-order valence-corrected chi connectivity index (χ1v) is 12.3. The third kappa shape index (κ3) is 7.20. The van der Waals surface area contributed by atoms with Crippen molar-refractivity contribution < 1.29 is 23.9 Å². The number of hydrogen-bond acceptors (Lipinski definition) is 5. The Morgan fingerprint density at radius 2 is 1.88 bits per heavy atom. The molecule has 1 aliphatic heterocycles. The zero-order valence-electron chi connectivity index (χ0n) is 19.4. The monoisotopic (exact) mass is 449 g/mol. The van der Waals surface area contributed by atoms with E-state index in [9.17, 15) is 19.2 Å². The van der Waals surface area contributed by atoms with Crippen molar-refractivity contribution in [2.45, 2.75) is 83.8 Å². The smallest absolute Gasteiger partial charge is 0.407 e. The normalized spacial score (nSPS) is 29.0. The van der Waals surface area contributed by atoms with Crippen LogP contribution in [-0.2, 0) is 19.1 Å². The molecule has 2 saturated carbocycles. The average Bonchev–Trinajstić information content (AvgIpc) is 3.15. The maximum absolute atomic E-state index is 12.8. The first-order valence-electron chi connectivity index (χ1n) is 12.3. The Labute approximate surface area is 191 Å². The molecule has 1 heterocycles. The van der Waals surface area contributed by atoms with E-state index in [4.69, 9.17) is 4.74 Å². The zero-order chi connectivity index (χ0) is 23.1. The first-order chi connectivity index (χ1) is 15.3. The van der Waals surface area contributed by atoms with Crippen molar-refractivity contribution in [2.24, 2.45) is 29.6 Å². The molecule has 3 N–H and O–H groups in total. The van der Waals surface area contributed by atoms with Crippen LogP contribution in [0.25, 0.3) is 0 Å². The molecule has 3 rings (SSSR count). The SMILES string of the molecule is CC(C)C[C@H](OC(=O)NCC1CC2CCCC(C2)C1)C(=O)N[C@H](C=O)C[C@@H]1CCNC1=O. The van der Waals surface area contributed by atoms with Gasteiger partial charge in [0.2, 0.25) is 5.91 Å².